The predicted octanol–water partition coefficient (Wildman–Crippen LogP) is 2.11. The number of benzene rings is 2. The lowest BCUT2D eigenvalue weighted by Gasteiger charge is -2.15. The van der Waals surface area contributed by atoms with Crippen molar-refractivity contribution in [3.05, 3.63) is 59.7 Å². The van der Waals surface area contributed by atoms with Gasteiger partial charge in [-0.15, -0.1) is 0 Å². The molecule has 0 aliphatic rings. The molecule has 1 amide bonds. The van der Waals surface area contributed by atoms with Crippen LogP contribution in [0.15, 0.2) is 48.5 Å². The summed E-state index contributed by atoms with van der Waals surface area (Å²) in [5, 5.41) is 2.60. The molecule has 0 fully saturated rings. The maximum atomic E-state index is 12.2. The minimum Gasteiger partial charge on any atom is -0.493 e. The molecule has 0 unspecified atom stereocenters. The van der Waals surface area contributed by atoms with Gasteiger partial charge in [0.15, 0.2) is 11.5 Å². The van der Waals surface area contributed by atoms with Crippen molar-refractivity contribution >= 4 is 15.9 Å². The van der Waals surface area contributed by atoms with Crippen molar-refractivity contribution in [1.82, 2.24) is 10.0 Å². The molecule has 2 rings (SSSR count). The summed E-state index contributed by atoms with van der Waals surface area (Å²) < 4.78 is 37.3. The number of rotatable bonds is 9. The van der Waals surface area contributed by atoms with Crippen molar-refractivity contribution < 1.29 is 22.7 Å². The minimum atomic E-state index is -3.54. The number of sulfonamides is 1. The van der Waals surface area contributed by atoms with Crippen LogP contribution >= 0.6 is 0 Å². The second-order valence-electron chi connectivity index (χ2n) is 5.89. The molecule has 8 heteroatoms. The number of methoxy groups -OCH3 is 2. The number of hydrogen-bond donors (Lipinski definition) is 2. The number of nitrogens with one attached hydrogen (secondary N) is 2. The lowest BCUT2D eigenvalue weighted by Crippen LogP contribution is -2.35. The fraction of sp³-hybridized carbons (Fsp3) is 0.316. The van der Waals surface area contributed by atoms with Gasteiger partial charge in [-0.25, -0.2) is 13.1 Å². The van der Waals surface area contributed by atoms with Gasteiger partial charge in [-0.05, 0) is 30.7 Å². The predicted molar refractivity (Wildman–Crippen MR) is 104 cm³/mol. The Bertz CT molecular complexity index is 869. The van der Waals surface area contributed by atoms with Gasteiger partial charge < -0.3 is 14.8 Å². The molecule has 2 aromatic carbocycles. The van der Waals surface area contributed by atoms with E-state index < -0.39 is 10.0 Å². The highest BCUT2D eigenvalue weighted by atomic mass is 32.2. The topological polar surface area (TPSA) is 93.7 Å². The molecule has 0 bridgehead atoms. The molecule has 0 radical (unpaired) electrons. The summed E-state index contributed by atoms with van der Waals surface area (Å²) in [5.74, 6) is 0.331. The van der Waals surface area contributed by atoms with Gasteiger partial charge in [0.2, 0.25) is 10.0 Å². The van der Waals surface area contributed by atoms with Crippen LogP contribution < -0.4 is 19.5 Å². The van der Waals surface area contributed by atoms with Crippen molar-refractivity contribution in [3.63, 3.8) is 0 Å². The summed E-state index contributed by atoms with van der Waals surface area (Å²) in [7, 11) is -0.556. The third kappa shape index (κ3) is 5.97. The maximum Gasteiger partial charge on any atom is 0.251 e. The zero-order chi connectivity index (χ0) is 19.9. The summed E-state index contributed by atoms with van der Waals surface area (Å²) in [4.78, 5) is 12.2. The first kappa shape index (κ1) is 20.7. The summed E-state index contributed by atoms with van der Waals surface area (Å²) in [6.45, 7) is 1.76. The number of carbonyl (C=O) groups is 1. The Balaban J connectivity index is 1.90. The summed E-state index contributed by atoms with van der Waals surface area (Å²) in [5.41, 5.74) is 1.23. The minimum absolute atomic E-state index is 0.00990. The van der Waals surface area contributed by atoms with E-state index in [4.69, 9.17) is 9.47 Å². The van der Waals surface area contributed by atoms with E-state index in [-0.39, 0.29) is 24.2 Å². The Morgan fingerprint density at radius 2 is 1.70 bits per heavy atom. The lowest BCUT2D eigenvalue weighted by atomic mass is 10.1. The molecule has 27 heavy (non-hydrogen) atoms. The van der Waals surface area contributed by atoms with Crippen LogP contribution in [-0.4, -0.2) is 40.8 Å². The molecule has 0 saturated heterocycles. The second-order valence-corrected chi connectivity index (χ2v) is 7.77. The van der Waals surface area contributed by atoms with Crippen LogP contribution in [0.4, 0.5) is 0 Å². The first-order valence-corrected chi connectivity index (χ1v) is 10.1. The molecule has 1 atom stereocenters. The van der Waals surface area contributed by atoms with Crippen LogP contribution in [0, 0.1) is 0 Å². The first-order chi connectivity index (χ1) is 12.9. The number of amides is 1. The highest BCUT2D eigenvalue weighted by Gasteiger charge is 2.17. The standard InChI is InChI=1S/C19H24N2O5S/c1-14(15-7-5-4-6-8-15)21-27(23,24)12-11-20-19(22)16-9-10-17(25-2)18(13-16)26-3/h4-10,13-14,21H,11-12H2,1-3H3,(H,20,22)/t14-/m0/s1. The van der Waals surface area contributed by atoms with Gasteiger partial charge in [-0.1, -0.05) is 30.3 Å². The van der Waals surface area contributed by atoms with E-state index >= 15 is 0 Å². The average molecular weight is 392 g/mol. The third-order valence-electron chi connectivity index (χ3n) is 3.96. The van der Waals surface area contributed by atoms with Gasteiger partial charge in [0.1, 0.15) is 0 Å². The van der Waals surface area contributed by atoms with E-state index in [1.54, 1.807) is 25.1 Å². The van der Waals surface area contributed by atoms with Gasteiger partial charge >= 0.3 is 0 Å². The van der Waals surface area contributed by atoms with Crippen molar-refractivity contribution in [1.29, 1.82) is 0 Å². The molecule has 0 aliphatic carbocycles. The fourth-order valence-corrected chi connectivity index (χ4v) is 3.68. The van der Waals surface area contributed by atoms with Gasteiger partial charge in [-0.3, -0.25) is 4.79 Å². The maximum absolute atomic E-state index is 12.2. The first-order valence-electron chi connectivity index (χ1n) is 8.41. The van der Waals surface area contributed by atoms with Crippen molar-refractivity contribution in [2.45, 2.75) is 13.0 Å². The van der Waals surface area contributed by atoms with E-state index in [1.165, 1.54) is 14.2 Å². The van der Waals surface area contributed by atoms with E-state index in [0.717, 1.165) is 5.56 Å². The highest BCUT2D eigenvalue weighted by Crippen LogP contribution is 2.27. The van der Waals surface area contributed by atoms with Crippen LogP contribution in [0.2, 0.25) is 0 Å². The summed E-state index contributed by atoms with van der Waals surface area (Å²) in [6, 6.07) is 13.7. The van der Waals surface area contributed by atoms with Crippen molar-refractivity contribution in [2.75, 3.05) is 26.5 Å². The molecule has 0 aliphatic heterocycles. The summed E-state index contributed by atoms with van der Waals surface area (Å²) >= 11 is 0. The van der Waals surface area contributed by atoms with Crippen molar-refractivity contribution in [3.8, 4) is 11.5 Å². The summed E-state index contributed by atoms with van der Waals surface area (Å²) in [6.07, 6.45) is 0. The Labute approximate surface area is 159 Å². The van der Waals surface area contributed by atoms with Crippen LogP contribution in [0.3, 0.4) is 0 Å². The third-order valence-corrected chi connectivity index (χ3v) is 5.41. The van der Waals surface area contributed by atoms with Crippen LogP contribution in [0.5, 0.6) is 11.5 Å². The number of carbonyl (C=O) groups excluding carboxylic acids is 1. The van der Waals surface area contributed by atoms with Gasteiger partial charge in [-0.2, -0.15) is 0 Å². The molecular weight excluding hydrogens is 368 g/mol. The zero-order valence-corrected chi connectivity index (χ0v) is 16.4. The van der Waals surface area contributed by atoms with Crippen LogP contribution in [0.25, 0.3) is 0 Å². The quantitative estimate of drug-likeness (QED) is 0.682. The van der Waals surface area contributed by atoms with Crippen molar-refractivity contribution in [2.24, 2.45) is 0 Å². The molecule has 0 saturated carbocycles. The van der Waals surface area contributed by atoms with E-state index in [9.17, 15) is 13.2 Å². The Hall–Kier alpha value is -2.58. The van der Waals surface area contributed by atoms with Gasteiger partial charge in [0, 0.05) is 18.2 Å². The van der Waals surface area contributed by atoms with Crippen LogP contribution in [0.1, 0.15) is 28.9 Å². The van der Waals surface area contributed by atoms with E-state index in [1.807, 2.05) is 30.3 Å². The number of hydrogen-bond acceptors (Lipinski definition) is 5. The Kier molecular flexibility index (Phi) is 7.20. The molecule has 2 aromatic rings. The molecule has 2 N–H and O–H groups in total. The van der Waals surface area contributed by atoms with Crippen LogP contribution in [-0.2, 0) is 10.0 Å². The largest absolute Gasteiger partial charge is 0.493 e. The molecule has 0 spiro atoms. The molecule has 7 nitrogen and oxygen atoms in total. The fourth-order valence-electron chi connectivity index (χ4n) is 2.52. The smallest absolute Gasteiger partial charge is 0.251 e. The average Bonchev–Trinajstić information content (AvgIpc) is 2.67. The second kappa shape index (κ2) is 9.38. The molecule has 146 valence electrons. The normalized spacial score (nSPS) is 12.3. The van der Waals surface area contributed by atoms with Gasteiger partial charge in [0.25, 0.3) is 5.91 Å². The Morgan fingerprint density at radius 1 is 1.04 bits per heavy atom. The van der Waals surface area contributed by atoms with Gasteiger partial charge in [0.05, 0.1) is 20.0 Å². The molecular formula is C19H24N2O5S. The van der Waals surface area contributed by atoms with E-state index in [0.29, 0.717) is 17.1 Å². The Morgan fingerprint density at radius 3 is 2.33 bits per heavy atom. The SMILES string of the molecule is COc1ccc(C(=O)NCCS(=O)(=O)N[C@@H](C)c2ccccc2)cc1OC. The molecule has 0 heterocycles. The zero-order valence-electron chi connectivity index (χ0n) is 15.6. The highest BCUT2D eigenvalue weighted by molar-refractivity contribution is 7.89. The monoisotopic (exact) mass is 392 g/mol. The molecule has 0 aromatic heterocycles. The lowest BCUT2D eigenvalue weighted by molar-refractivity contribution is 0.0955. The van der Waals surface area contributed by atoms with E-state index in [2.05, 4.69) is 10.0 Å². The number of ether oxygens (including phenoxy) is 2.